The van der Waals surface area contributed by atoms with E-state index in [2.05, 4.69) is 11.9 Å². The molecule has 0 atom stereocenters. The molecule has 15 heavy (non-hydrogen) atoms. The second kappa shape index (κ2) is 3.95. The molecule has 76 valence electrons. The SMILES string of the molecule is C=CC1=C(C)Sc2ccccc2C(=O)N1. The molecule has 0 fully saturated rings. The molecule has 0 saturated carbocycles. The fourth-order valence-corrected chi connectivity index (χ4v) is 2.43. The van der Waals surface area contributed by atoms with Crippen molar-refractivity contribution in [1.82, 2.24) is 5.32 Å². The Labute approximate surface area is 93.1 Å². The molecule has 1 aliphatic rings. The third kappa shape index (κ3) is 1.83. The summed E-state index contributed by atoms with van der Waals surface area (Å²) in [5.74, 6) is -0.0650. The Morgan fingerprint density at radius 2 is 2.13 bits per heavy atom. The van der Waals surface area contributed by atoms with Crippen LogP contribution in [-0.2, 0) is 0 Å². The van der Waals surface area contributed by atoms with Gasteiger partial charge < -0.3 is 5.32 Å². The second-order valence-electron chi connectivity index (χ2n) is 3.23. The molecular weight excluding hydrogens is 206 g/mol. The highest BCUT2D eigenvalue weighted by Gasteiger charge is 2.17. The molecule has 0 aliphatic carbocycles. The normalized spacial score (nSPS) is 15.4. The Balaban J connectivity index is 2.52. The predicted molar refractivity (Wildman–Crippen MR) is 62.7 cm³/mol. The molecule has 0 unspecified atom stereocenters. The standard InChI is InChI=1S/C12H11NOS/c1-3-10-8(2)15-11-7-5-4-6-9(11)12(14)13-10/h3-7H,1H2,2H3,(H,13,14). The number of benzene rings is 1. The van der Waals surface area contributed by atoms with Crippen LogP contribution >= 0.6 is 11.8 Å². The summed E-state index contributed by atoms with van der Waals surface area (Å²) in [5, 5.41) is 2.84. The summed E-state index contributed by atoms with van der Waals surface area (Å²) in [6.45, 7) is 5.66. The quantitative estimate of drug-likeness (QED) is 0.783. The minimum absolute atomic E-state index is 0.0650. The van der Waals surface area contributed by atoms with Crippen molar-refractivity contribution in [1.29, 1.82) is 0 Å². The molecule has 3 heteroatoms. The van der Waals surface area contributed by atoms with E-state index in [4.69, 9.17) is 0 Å². The molecule has 1 aliphatic heterocycles. The van der Waals surface area contributed by atoms with Crippen molar-refractivity contribution >= 4 is 17.7 Å². The number of carbonyl (C=O) groups is 1. The summed E-state index contributed by atoms with van der Waals surface area (Å²) >= 11 is 1.59. The van der Waals surface area contributed by atoms with Gasteiger partial charge in [0.1, 0.15) is 0 Å². The highest BCUT2D eigenvalue weighted by Crippen LogP contribution is 2.33. The van der Waals surface area contributed by atoms with Gasteiger partial charge in [-0.05, 0) is 25.1 Å². The van der Waals surface area contributed by atoms with Gasteiger partial charge in [-0.3, -0.25) is 4.79 Å². The Morgan fingerprint density at radius 1 is 1.40 bits per heavy atom. The fraction of sp³-hybridized carbons (Fsp3) is 0.0833. The number of fused-ring (bicyclic) bond motifs is 1. The highest BCUT2D eigenvalue weighted by atomic mass is 32.2. The number of hydrogen-bond donors (Lipinski definition) is 1. The molecule has 1 aromatic rings. The van der Waals surface area contributed by atoms with Crippen molar-refractivity contribution in [3.8, 4) is 0 Å². The fourth-order valence-electron chi connectivity index (χ4n) is 1.44. The molecule has 0 radical (unpaired) electrons. The van der Waals surface area contributed by atoms with E-state index in [1.807, 2.05) is 31.2 Å². The third-order valence-electron chi connectivity index (χ3n) is 2.23. The van der Waals surface area contributed by atoms with Crippen LogP contribution in [-0.4, -0.2) is 5.91 Å². The Hall–Kier alpha value is -1.48. The zero-order valence-corrected chi connectivity index (χ0v) is 9.23. The molecule has 1 heterocycles. The minimum atomic E-state index is -0.0650. The molecular formula is C12H11NOS. The molecule has 1 amide bonds. The Bertz CT molecular complexity index is 462. The summed E-state index contributed by atoms with van der Waals surface area (Å²) in [6, 6.07) is 7.59. The van der Waals surface area contributed by atoms with E-state index < -0.39 is 0 Å². The van der Waals surface area contributed by atoms with Gasteiger partial charge in [0, 0.05) is 9.80 Å². The van der Waals surface area contributed by atoms with Crippen LogP contribution in [0.2, 0.25) is 0 Å². The van der Waals surface area contributed by atoms with Gasteiger partial charge in [0.2, 0.25) is 0 Å². The maximum atomic E-state index is 11.8. The van der Waals surface area contributed by atoms with Gasteiger partial charge >= 0.3 is 0 Å². The smallest absolute Gasteiger partial charge is 0.256 e. The number of hydrogen-bond acceptors (Lipinski definition) is 2. The molecule has 1 aromatic carbocycles. The first-order valence-corrected chi connectivity index (χ1v) is 5.45. The van der Waals surface area contributed by atoms with Crippen molar-refractivity contribution in [2.45, 2.75) is 11.8 Å². The third-order valence-corrected chi connectivity index (χ3v) is 3.33. The van der Waals surface area contributed by atoms with Gasteiger partial charge in [0.25, 0.3) is 5.91 Å². The molecule has 1 N–H and O–H groups in total. The van der Waals surface area contributed by atoms with Crippen LogP contribution < -0.4 is 5.32 Å². The van der Waals surface area contributed by atoms with Gasteiger partial charge in [-0.2, -0.15) is 0 Å². The van der Waals surface area contributed by atoms with E-state index >= 15 is 0 Å². The zero-order chi connectivity index (χ0) is 10.8. The van der Waals surface area contributed by atoms with Crippen LogP contribution in [0.5, 0.6) is 0 Å². The first-order chi connectivity index (χ1) is 7.22. The number of rotatable bonds is 1. The first kappa shape index (κ1) is 10.1. The van der Waals surface area contributed by atoms with Crippen LogP contribution in [0.25, 0.3) is 0 Å². The maximum absolute atomic E-state index is 11.8. The summed E-state index contributed by atoms with van der Waals surface area (Å²) < 4.78 is 0. The van der Waals surface area contributed by atoms with Gasteiger partial charge in [0.05, 0.1) is 11.3 Å². The number of nitrogens with one attached hydrogen (secondary N) is 1. The van der Waals surface area contributed by atoms with Gasteiger partial charge in [0.15, 0.2) is 0 Å². The van der Waals surface area contributed by atoms with E-state index in [-0.39, 0.29) is 5.91 Å². The summed E-state index contributed by atoms with van der Waals surface area (Å²) in [5.41, 5.74) is 1.51. The zero-order valence-electron chi connectivity index (χ0n) is 8.41. The van der Waals surface area contributed by atoms with Crippen LogP contribution in [0.4, 0.5) is 0 Å². The predicted octanol–water partition coefficient (Wildman–Crippen LogP) is 2.94. The monoisotopic (exact) mass is 217 g/mol. The number of amides is 1. The molecule has 2 nitrogen and oxygen atoms in total. The molecule has 0 aromatic heterocycles. The van der Waals surface area contributed by atoms with Gasteiger partial charge in [-0.15, -0.1) is 0 Å². The topological polar surface area (TPSA) is 29.1 Å². The summed E-state index contributed by atoms with van der Waals surface area (Å²) in [6.07, 6.45) is 1.67. The van der Waals surface area contributed by atoms with Crippen molar-refractivity contribution < 1.29 is 4.79 Å². The van der Waals surface area contributed by atoms with E-state index in [1.165, 1.54) is 0 Å². The van der Waals surface area contributed by atoms with Crippen molar-refractivity contribution in [2.75, 3.05) is 0 Å². The van der Waals surface area contributed by atoms with Gasteiger partial charge in [-0.25, -0.2) is 0 Å². The number of thioether (sulfide) groups is 1. The van der Waals surface area contributed by atoms with Gasteiger partial charge in [-0.1, -0.05) is 30.5 Å². The summed E-state index contributed by atoms with van der Waals surface area (Å²) in [4.78, 5) is 13.9. The summed E-state index contributed by atoms with van der Waals surface area (Å²) in [7, 11) is 0. The van der Waals surface area contributed by atoms with Crippen LogP contribution in [0.15, 0.2) is 52.4 Å². The average molecular weight is 217 g/mol. The Kier molecular flexibility index (Phi) is 2.64. The number of allylic oxidation sites excluding steroid dienone is 2. The van der Waals surface area contributed by atoms with Crippen molar-refractivity contribution in [2.24, 2.45) is 0 Å². The lowest BCUT2D eigenvalue weighted by atomic mass is 10.2. The van der Waals surface area contributed by atoms with E-state index in [0.717, 1.165) is 21.1 Å². The lowest BCUT2D eigenvalue weighted by molar-refractivity contribution is 0.0964. The van der Waals surface area contributed by atoms with Crippen molar-refractivity contribution in [3.05, 3.63) is 53.1 Å². The first-order valence-electron chi connectivity index (χ1n) is 4.64. The molecule has 0 saturated heterocycles. The van der Waals surface area contributed by atoms with Crippen molar-refractivity contribution in [3.63, 3.8) is 0 Å². The molecule has 2 rings (SSSR count). The molecule has 0 spiro atoms. The number of carbonyl (C=O) groups excluding carboxylic acids is 1. The van der Waals surface area contributed by atoms with Crippen LogP contribution in [0.1, 0.15) is 17.3 Å². The average Bonchev–Trinajstić information content (AvgIpc) is 2.37. The highest BCUT2D eigenvalue weighted by molar-refractivity contribution is 8.03. The molecule has 0 bridgehead atoms. The lowest BCUT2D eigenvalue weighted by Crippen LogP contribution is -2.21. The minimum Gasteiger partial charge on any atom is -0.321 e. The largest absolute Gasteiger partial charge is 0.321 e. The van der Waals surface area contributed by atoms with E-state index in [9.17, 15) is 4.79 Å². The maximum Gasteiger partial charge on any atom is 0.256 e. The second-order valence-corrected chi connectivity index (χ2v) is 4.48. The van der Waals surface area contributed by atoms with E-state index in [1.54, 1.807) is 17.8 Å². The lowest BCUT2D eigenvalue weighted by Gasteiger charge is -2.03. The van der Waals surface area contributed by atoms with Crippen LogP contribution in [0.3, 0.4) is 0 Å². The van der Waals surface area contributed by atoms with E-state index in [0.29, 0.717) is 0 Å². The Morgan fingerprint density at radius 3 is 2.87 bits per heavy atom. The van der Waals surface area contributed by atoms with Crippen LogP contribution in [0, 0.1) is 0 Å².